The summed E-state index contributed by atoms with van der Waals surface area (Å²) in [4.78, 5) is 0. The highest BCUT2D eigenvalue weighted by Gasteiger charge is 1.58. The molecule has 0 heterocycles. The molecule has 0 aromatic heterocycles. The maximum absolute atomic E-state index is 3.79. The topological polar surface area (TPSA) is 0 Å². The Labute approximate surface area is 38.8 Å². The normalized spacial score (nSPS) is 9.20. The predicted molar refractivity (Wildman–Crippen MR) is 29.6 cm³/mol. The molecule has 27 valence electrons. The van der Waals surface area contributed by atoms with Gasteiger partial charge in [-0.15, -0.1) is 5.98 Å². The monoisotopic (exact) mass is 85.0 g/mol. The SMILES string of the molecule is C/C=C\[B]S. The number of hydrogen-bond donors (Lipinski definition) is 1. The molecular formula is C3H6BS. The maximum Gasteiger partial charge on any atom is 0.216 e. The van der Waals surface area contributed by atoms with Gasteiger partial charge >= 0.3 is 0 Å². The fourth-order valence-corrected chi connectivity index (χ4v) is 0.258. The molecule has 0 N–H and O–H groups in total. The van der Waals surface area contributed by atoms with Gasteiger partial charge in [-0.25, -0.2) is 12.5 Å². The molecule has 0 aromatic rings. The minimum Gasteiger partial charge on any atom is -0.229 e. The molecule has 0 saturated carbocycles. The van der Waals surface area contributed by atoms with Crippen molar-refractivity contribution in [2.45, 2.75) is 6.92 Å². The second-order valence-electron chi connectivity index (χ2n) is 0.675. The lowest BCUT2D eigenvalue weighted by atomic mass is 10.1. The van der Waals surface area contributed by atoms with E-state index in [0.717, 1.165) is 0 Å². The molecule has 0 aromatic carbocycles. The van der Waals surface area contributed by atoms with Crippen molar-refractivity contribution >= 4 is 19.0 Å². The van der Waals surface area contributed by atoms with Gasteiger partial charge in [0.15, 0.2) is 0 Å². The molecule has 0 aliphatic rings. The van der Waals surface area contributed by atoms with Crippen LogP contribution in [0.15, 0.2) is 12.1 Å². The Morgan fingerprint density at radius 1 is 1.80 bits per heavy atom. The van der Waals surface area contributed by atoms with E-state index < -0.39 is 0 Å². The van der Waals surface area contributed by atoms with Crippen LogP contribution in [0.25, 0.3) is 0 Å². The first-order valence-electron chi connectivity index (χ1n) is 1.50. The largest absolute Gasteiger partial charge is 0.229 e. The Bertz CT molecular complexity index is 33.9. The lowest BCUT2D eigenvalue weighted by Crippen LogP contribution is -1.59. The lowest BCUT2D eigenvalue weighted by Gasteiger charge is -1.60. The minimum absolute atomic E-state index is 1.69. The average molecular weight is 85.0 g/mol. The minimum atomic E-state index is 1.69. The highest BCUT2D eigenvalue weighted by Crippen LogP contribution is 1.67. The van der Waals surface area contributed by atoms with Crippen LogP contribution in [0.1, 0.15) is 6.92 Å². The lowest BCUT2D eigenvalue weighted by molar-refractivity contribution is 1.78. The molecule has 0 amide bonds. The third kappa shape index (κ3) is 4.15. The molecule has 5 heavy (non-hydrogen) atoms. The first kappa shape index (κ1) is 5.15. The van der Waals surface area contributed by atoms with E-state index in [2.05, 4.69) is 12.5 Å². The van der Waals surface area contributed by atoms with Gasteiger partial charge in [0.1, 0.15) is 0 Å². The summed E-state index contributed by atoms with van der Waals surface area (Å²) in [5, 5.41) is 0. The van der Waals surface area contributed by atoms with Crippen molar-refractivity contribution in [3.8, 4) is 0 Å². The van der Waals surface area contributed by atoms with Gasteiger partial charge in [-0.05, 0) is 6.92 Å². The van der Waals surface area contributed by atoms with Gasteiger partial charge in [0.05, 0.1) is 0 Å². The summed E-state index contributed by atoms with van der Waals surface area (Å²) >= 11 is 3.79. The molecule has 0 aliphatic heterocycles. The molecule has 0 fully saturated rings. The molecular weight excluding hydrogens is 78.9 g/mol. The summed E-state index contributed by atoms with van der Waals surface area (Å²) in [6.07, 6.45) is 1.92. The van der Waals surface area contributed by atoms with Crippen molar-refractivity contribution in [2.75, 3.05) is 0 Å². The molecule has 0 bridgehead atoms. The maximum atomic E-state index is 3.79. The summed E-state index contributed by atoms with van der Waals surface area (Å²) in [6.45, 7) is 3.65. The third-order valence-corrected chi connectivity index (χ3v) is 0.451. The highest BCUT2D eigenvalue weighted by molar-refractivity contribution is 8.07. The van der Waals surface area contributed by atoms with Crippen LogP contribution in [0.4, 0.5) is 0 Å². The molecule has 2 heteroatoms. The summed E-state index contributed by atoms with van der Waals surface area (Å²) in [5.41, 5.74) is 0. The second kappa shape index (κ2) is 4.15. The average Bonchev–Trinajstić information content (AvgIpc) is 1.41. The highest BCUT2D eigenvalue weighted by atomic mass is 32.1. The van der Waals surface area contributed by atoms with Gasteiger partial charge in [-0.1, -0.05) is 6.08 Å². The first-order valence-corrected chi connectivity index (χ1v) is 2.02. The van der Waals surface area contributed by atoms with Crippen molar-refractivity contribution in [2.24, 2.45) is 0 Å². The van der Waals surface area contributed by atoms with E-state index in [1.54, 1.807) is 6.56 Å². The predicted octanol–water partition coefficient (Wildman–Crippen LogP) is 1.07. The van der Waals surface area contributed by atoms with E-state index >= 15 is 0 Å². The van der Waals surface area contributed by atoms with Crippen LogP contribution in [0.2, 0.25) is 0 Å². The Morgan fingerprint density at radius 2 is 2.40 bits per heavy atom. The smallest absolute Gasteiger partial charge is 0.216 e. The standard InChI is InChI=1S/C3H6BS/c1-2-3-4-5/h2-3,5H,1H3/b3-2-. The Morgan fingerprint density at radius 3 is 2.40 bits per heavy atom. The van der Waals surface area contributed by atoms with Crippen LogP contribution in [0.3, 0.4) is 0 Å². The molecule has 0 aliphatic carbocycles. The fraction of sp³-hybridized carbons (Fsp3) is 0.333. The molecule has 0 nitrogen and oxygen atoms in total. The molecule has 0 spiro atoms. The van der Waals surface area contributed by atoms with Crippen molar-refractivity contribution in [3.63, 3.8) is 0 Å². The molecule has 0 atom stereocenters. The second-order valence-corrected chi connectivity index (χ2v) is 0.973. The van der Waals surface area contributed by atoms with Crippen LogP contribution in [0.5, 0.6) is 0 Å². The Hall–Kier alpha value is 0.155. The van der Waals surface area contributed by atoms with Crippen molar-refractivity contribution < 1.29 is 0 Å². The van der Waals surface area contributed by atoms with E-state index in [9.17, 15) is 0 Å². The summed E-state index contributed by atoms with van der Waals surface area (Å²) in [7, 11) is 0. The van der Waals surface area contributed by atoms with Crippen LogP contribution < -0.4 is 0 Å². The number of thiol groups is 1. The fourth-order valence-electron chi connectivity index (χ4n) is 0.0861. The van der Waals surface area contributed by atoms with Gasteiger partial charge in [0.2, 0.25) is 6.56 Å². The molecule has 0 unspecified atom stereocenters. The molecule has 1 radical (unpaired) electrons. The van der Waals surface area contributed by atoms with Gasteiger partial charge < -0.3 is 0 Å². The number of allylic oxidation sites excluding steroid dienone is 1. The van der Waals surface area contributed by atoms with Gasteiger partial charge in [-0.3, -0.25) is 0 Å². The van der Waals surface area contributed by atoms with Gasteiger partial charge in [0, 0.05) is 0 Å². The van der Waals surface area contributed by atoms with Crippen LogP contribution in [-0.2, 0) is 0 Å². The van der Waals surface area contributed by atoms with Crippen molar-refractivity contribution in [3.05, 3.63) is 12.1 Å². The molecule has 0 saturated heterocycles. The van der Waals surface area contributed by atoms with Crippen molar-refractivity contribution in [1.82, 2.24) is 0 Å². The van der Waals surface area contributed by atoms with Gasteiger partial charge in [-0.2, -0.15) is 0 Å². The van der Waals surface area contributed by atoms with Crippen LogP contribution in [-0.4, -0.2) is 6.56 Å². The Kier molecular flexibility index (Phi) is 4.28. The number of rotatable bonds is 1. The van der Waals surface area contributed by atoms with Crippen LogP contribution in [0, 0.1) is 0 Å². The summed E-state index contributed by atoms with van der Waals surface area (Å²) < 4.78 is 0. The van der Waals surface area contributed by atoms with E-state index in [4.69, 9.17) is 0 Å². The Balaban J connectivity index is 2.62. The summed E-state index contributed by atoms with van der Waals surface area (Å²) in [6, 6.07) is 0. The molecule has 0 rings (SSSR count). The first-order chi connectivity index (χ1) is 2.41. The van der Waals surface area contributed by atoms with Crippen LogP contribution >= 0.6 is 12.5 Å². The van der Waals surface area contributed by atoms with Gasteiger partial charge in [0.25, 0.3) is 0 Å². The zero-order chi connectivity index (χ0) is 4.12. The quantitative estimate of drug-likeness (QED) is 0.357. The van der Waals surface area contributed by atoms with E-state index in [-0.39, 0.29) is 0 Å². The van der Waals surface area contributed by atoms with Crippen molar-refractivity contribution in [1.29, 1.82) is 0 Å². The zero-order valence-electron chi connectivity index (χ0n) is 3.18. The zero-order valence-corrected chi connectivity index (χ0v) is 4.07. The van der Waals surface area contributed by atoms with E-state index in [1.807, 2.05) is 19.0 Å². The summed E-state index contributed by atoms with van der Waals surface area (Å²) in [5.74, 6) is 1.86. The van der Waals surface area contributed by atoms with E-state index in [0.29, 0.717) is 0 Å². The number of hydrogen-bond acceptors (Lipinski definition) is 1. The third-order valence-electron chi connectivity index (χ3n) is 0.279. The van der Waals surface area contributed by atoms with E-state index in [1.165, 1.54) is 0 Å².